The molecule has 0 amide bonds. The molecule has 6 nitrogen and oxygen atoms in total. The van der Waals surface area contributed by atoms with E-state index in [1.165, 1.54) is 193 Å². The summed E-state index contributed by atoms with van der Waals surface area (Å²) in [6.07, 6.45) is 44.4. The second-order valence-corrected chi connectivity index (χ2v) is 19.8. The summed E-state index contributed by atoms with van der Waals surface area (Å²) in [5.74, 6) is 1.99. The van der Waals surface area contributed by atoms with Crippen molar-refractivity contribution in [3.63, 3.8) is 0 Å². The van der Waals surface area contributed by atoms with Crippen LogP contribution in [0.3, 0.4) is 0 Å². The third-order valence-corrected chi connectivity index (χ3v) is 13.1. The van der Waals surface area contributed by atoms with Crippen LogP contribution in [0.2, 0.25) is 0 Å². The van der Waals surface area contributed by atoms with Crippen LogP contribution in [0.1, 0.15) is 294 Å². The first-order chi connectivity index (χ1) is 30.2. The quantitative estimate of drug-likeness (QED) is 0.0449. The fourth-order valence-corrected chi connectivity index (χ4v) is 9.04. The van der Waals surface area contributed by atoms with Crippen LogP contribution in [0.25, 0.3) is 0 Å². The highest BCUT2D eigenvalue weighted by molar-refractivity contribution is 5.77. The Bertz CT molecular complexity index is 943. The van der Waals surface area contributed by atoms with Crippen molar-refractivity contribution in [2.24, 2.45) is 11.8 Å². The molecule has 63 heavy (non-hydrogen) atoms. The van der Waals surface area contributed by atoms with Gasteiger partial charge in [0.15, 0.2) is 0 Å². The van der Waals surface area contributed by atoms with Crippen LogP contribution in [0, 0.1) is 11.8 Å². The topological polar surface area (TPSA) is 65.1 Å². The number of esters is 1. The summed E-state index contributed by atoms with van der Waals surface area (Å²) in [5, 5.41) is 0. The monoisotopic (exact) mass is 894 g/mol. The predicted molar refractivity (Wildman–Crippen MR) is 276 cm³/mol. The van der Waals surface area contributed by atoms with E-state index in [0.717, 1.165) is 70.2 Å². The maximum absolute atomic E-state index is 12.2. The Morgan fingerprint density at radius 3 is 1.67 bits per heavy atom. The van der Waals surface area contributed by atoms with E-state index in [4.69, 9.17) is 14.2 Å². The van der Waals surface area contributed by atoms with Gasteiger partial charge >= 0.3 is 5.97 Å². The number of Topliss-reactive ketones (excluding diaryl/α,β-unsaturated/α-hetero) is 1. The molecule has 1 heterocycles. The van der Waals surface area contributed by atoms with E-state index < -0.39 is 0 Å². The van der Waals surface area contributed by atoms with Crippen LogP contribution in [0.15, 0.2) is 0 Å². The van der Waals surface area contributed by atoms with Gasteiger partial charge in [0.05, 0.1) is 18.8 Å². The molecular weight excluding hydrogens is 779 g/mol. The summed E-state index contributed by atoms with van der Waals surface area (Å²) in [4.78, 5) is 25.4. The van der Waals surface area contributed by atoms with Gasteiger partial charge in [-0.25, -0.2) is 0 Å². The first-order valence-electron chi connectivity index (χ1n) is 27.9. The summed E-state index contributed by atoms with van der Waals surface area (Å²) in [7, 11) is 0. The van der Waals surface area contributed by atoms with E-state index in [1.54, 1.807) is 0 Å². The lowest BCUT2D eigenvalue weighted by Gasteiger charge is -2.24. The van der Waals surface area contributed by atoms with Gasteiger partial charge in [0.1, 0.15) is 5.78 Å². The smallest absolute Gasteiger partial charge is 0.305 e. The van der Waals surface area contributed by atoms with Gasteiger partial charge < -0.3 is 14.2 Å². The van der Waals surface area contributed by atoms with Gasteiger partial charge in [-0.15, -0.1) is 0 Å². The fourth-order valence-electron chi connectivity index (χ4n) is 9.04. The van der Waals surface area contributed by atoms with E-state index in [1.807, 2.05) is 13.8 Å². The molecule has 0 spiro atoms. The van der Waals surface area contributed by atoms with Gasteiger partial charge in [-0.05, 0) is 89.0 Å². The molecule has 0 N–H and O–H groups in total. The van der Waals surface area contributed by atoms with Gasteiger partial charge in [-0.1, -0.05) is 204 Å². The summed E-state index contributed by atoms with van der Waals surface area (Å²) in [6, 6.07) is 0.600. The third kappa shape index (κ3) is 41.0. The Hall–Kier alpha value is -0.980. The first-order valence-corrected chi connectivity index (χ1v) is 27.9. The third-order valence-electron chi connectivity index (χ3n) is 13.1. The highest BCUT2D eigenvalue weighted by Gasteiger charge is 2.42. The minimum Gasteiger partial charge on any atom is -0.466 e. The lowest BCUT2D eigenvalue weighted by atomic mass is 9.91. The second kappa shape index (κ2) is 47.5. The number of likely N-dealkylation sites (tertiary alicyclic amines) is 1. The summed E-state index contributed by atoms with van der Waals surface area (Å²) < 4.78 is 18.2. The molecule has 0 radical (unpaired) electrons. The summed E-state index contributed by atoms with van der Waals surface area (Å²) >= 11 is 0. The molecule has 1 aliphatic carbocycles. The molecule has 2 fully saturated rings. The molecule has 0 aromatic rings. The molecule has 0 bridgehead atoms. The van der Waals surface area contributed by atoms with Crippen LogP contribution >= 0.6 is 0 Å². The average Bonchev–Trinajstić information content (AvgIpc) is 3.94. The molecule has 378 valence electrons. The lowest BCUT2D eigenvalue weighted by Crippen LogP contribution is -2.34. The molecule has 2 aliphatic rings. The van der Waals surface area contributed by atoms with Gasteiger partial charge in [0, 0.05) is 45.1 Å². The highest BCUT2D eigenvalue weighted by Crippen LogP contribution is 2.44. The number of carbonyl (C=O) groups excluding carboxylic acids is 2. The van der Waals surface area contributed by atoms with E-state index in [-0.39, 0.29) is 19.0 Å². The Balaban J connectivity index is 0. The second-order valence-electron chi connectivity index (χ2n) is 19.8. The first kappa shape index (κ1) is 64.1. The zero-order chi connectivity index (χ0) is 45.8. The van der Waals surface area contributed by atoms with Crippen LogP contribution in [-0.2, 0) is 23.8 Å². The van der Waals surface area contributed by atoms with E-state index in [9.17, 15) is 9.59 Å². The Morgan fingerprint density at radius 1 is 0.587 bits per heavy atom. The molecule has 1 aliphatic heterocycles. The van der Waals surface area contributed by atoms with Crippen molar-refractivity contribution in [2.45, 2.75) is 306 Å². The molecule has 2 rings (SSSR count). The number of ketones is 1. The van der Waals surface area contributed by atoms with Crippen LogP contribution in [0.4, 0.5) is 0 Å². The van der Waals surface area contributed by atoms with Gasteiger partial charge in [-0.3, -0.25) is 14.5 Å². The van der Waals surface area contributed by atoms with Gasteiger partial charge in [0.25, 0.3) is 0 Å². The SMILES string of the molecule is C.CCC.CCCC(=O)CC.CCCCCCCCCCCOC1(CCCCCN2CC(C)C[C@H]2COCCCCCCCC(=O)OCCCC(CCCCC)CCCCC)CC1. The summed E-state index contributed by atoms with van der Waals surface area (Å²) in [5.41, 5.74) is 0.259. The van der Waals surface area contributed by atoms with Crippen molar-refractivity contribution >= 4 is 11.8 Å². The number of unbranched alkanes of at least 4 members (excludes halogenated alkanes) is 18. The van der Waals surface area contributed by atoms with Crippen molar-refractivity contribution in [2.75, 3.05) is 39.5 Å². The standard InChI is InChI=1S/C47H91NO4.C6H12O.C3H8.CH4/c1-5-8-11-12-13-14-15-19-27-39-52-47(34-35-47)33-24-20-25-36-48-41-43(4)40-45(48)42-50-37-26-18-16-17-23-32-46(49)51-38-28-31-44(29-21-9-6-2)30-22-10-7-3;1-3-5-6(7)4-2;1-3-2;/h43-45H,5-42H2,1-4H3;3-5H2,1-2H3;3H2,1-2H3;1H4/t43?,45-;;;/m0.../s1. The maximum Gasteiger partial charge on any atom is 0.305 e. The Labute approximate surface area is 396 Å². The Morgan fingerprint density at radius 2 is 1.11 bits per heavy atom. The van der Waals surface area contributed by atoms with Gasteiger partial charge in [0.2, 0.25) is 0 Å². The minimum atomic E-state index is 0. The fraction of sp³-hybridized carbons (Fsp3) is 0.965. The molecule has 6 heteroatoms. The van der Waals surface area contributed by atoms with Crippen molar-refractivity contribution < 1.29 is 23.8 Å². The minimum absolute atomic E-state index is 0. The molecule has 0 aromatic carbocycles. The lowest BCUT2D eigenvalue weighted by molar-refractivity contribution is -0.144. The zero-order valence-corrected chi connectivity index (χ0v) is 43.4. The molecule has 1 saturated heterocycles. The highest BCUT2D eigenvalue weighted by atomic mass is 16.5. The van der Waals surface area contributed by atoms with Crippen LogP contribution < -0.4 is 0 Å². The number of rotatable bonds is 42. The normalized spacial score (nSPS) is 16.5. The number of carbonyl (C=O) groups is 2. The van der Waals surface area contributed by atoms with Gasteiger partial charge in [-0.2, -0.15) is 0 Å². The molecule has 2 atom stereocenters. The van der Waals surface area contributed by atoms with Crippen molar-refractivity contribution in [1.82, 2.24) is 4.90 Å². The number of ether oxygens (including phenoxy) is 3. The molecule has 0 aromatic heterocycles. The van der Waals surface area contributed by atoms with Crippen molar-refractivity contribution in [1.29, 1.82) is 0 Å². The molecular formula is C57H115NO5. The van der Waals surface area contributed by atoms with Crippen molar-refractivity contribution in [3.8, 4) is 0 Å². The summed E-state index contributed by atoms with van der Waals surface area (Å²) in [6.45, 7) is 23.3. The average molecular weight is 895 g/mol. The molecule has 1 unspecified atom stereocenters. The van der Waals surface area contributed by atoms with Crippen LogP contribution in [0.5, 0.6) is 0 Å². The number of nitrogens with zero attached hydrogens (tertiary/aromatic N) is 1. The maximum atomic E-state index is 12.2. The predicted octanol–water partition coefficient (Wildman–Crippen LogP) is 17.6. The zero-order valence-electron chi connectivity index (χ0n) is 43.4. The number of hydrogen-bond acceptors (Lipinski definition) is 6. The van der Waals surface area contributed by atoms with Crippen molar-refractivity contribution in [3.05, 3.63) is 0 Å². The van der Waals surface area contributed by atoms with E-state index >= 15 is 0 Å². The molecule has 1 saturated carbocycles. The van der Waals surface area contributed by atoms with Crippen LogP contribution in [-0.4, -0.2) is 67.8 Å². The van der Waals surface area contributed by atoms with E-state index in [2.05, 4.69) is 46.4 Å². The largest absolute Gasteiger partial charge is 0.466 e. The number of hydrogen-bond donors (Lipinski definition) is 0. The van der Waals surface area contributed by atoms with E-state index in [0.29, 0.717) is 31.3 Å². The Kier molecular flexibility index (Phi) is 48.3.